The Morgan fingerprint density at radius 3 is 2.64 bits per heavy atom. The van der Waals surface area contributed by atoms with Crippen molar-refractivity contribution < 1.29 is 0 Å². The van der Waals surface area contributed by atoms with Gasteiger partial charge in [0.15, 0.2) is 5.96 Å². The fourth-order valence-corrected chi connectivity index (χ4v) is 2.65. The molecule has 2 N–H and O–H groups in total. The van der Waals surface area contributed by atoms with Gasteiger partial charge >= 0.3 is 0 Å². The highest BCUT2D eigenvalue weighted by Gasteiger charge is 2.03. The topological polar surface area (TPSA) is 52.6 Å². The lowest BCUT2D eigenvalue weighted by atomic mass is 10.2. The summed E-state index contributed by atoms with van der Waals surface area (Å²) in [5.41, 5.74) is 1.15. The van der Waals surface area contributed by atoms with E-state index in [-0.39, 0.29) is 0 Å². The predicted octanol–water partition coefficient (Wildman–Crippen LogP) is 2.28. The van der Waals surface area contributed by atoms with Crippen LogP contribution in [0.1, 0.15) is 37.4 Å². The first-order chi connectivity index (χ1) is 10.5. The van der Waals surface area contributed by atoms with Gasteiger partial charge in [0.2, 0.25) is 0 Å². The largest absolute Gasteiger partial charge is 0.356 e. The molecular weight excluding hydrogens is 294 g/mol. The summed E-state index contributed by atoms with van der Waals surface area (Å²) in [6, 6.07) is 0.622. The first-order valence-electron chi connectivity index (χ1n) is 8.08. The number of rotatable bonds is 9. The third-order valence-corrected chi connectivity index (χ3v) is 4.50. The minimum Gasteiger partial charge on any atom is -0.356 e. The summed E-state index contributed by atoms with van der Waals surface area (Å²) in [7, 11) is 3.99. The van der Waals surface area contributed by atoms with E-state index in [1.54, 1.807) is 11.3 Å². The lowest BCUT2D eigenvalue weighted by molar-refractivity contribution is 0.268. The van der Waals surface area contributed by atoms with Crippen LogP contribution in [0.15, 0.2) is 10.4 Å². The molecule has 0 fully saturated rings. The average Bonchev–Trinajstić information content (AvgIpc) is 2.90. The maximum absolute atomic E-state index is 4.46. The van der Waals surface area contributed by atoms with Crippen LogP contribution in [0.5, 0.6) is 0 Å². The van der Waals surface area contributed by atoms with Crippen LogP contribution in [0.4, 0.5) is 0 Å². The third kappa shape index (κ3) is 7.75. The molecule has 0 unspecified atom stereocenters. The molecule has 0 atom stereocenters. The lowest BCUT2D eigenvalue weighted by Gasteiger charge is -2.20. The Labute approximate surface area is 139 Å². The summed E-state index contributed by atoms with van der Waals surface area (Å²) in [5, 5.41) is 9.96. The molecule has 6 heteroatoms. The van der Waals surface area contributed by atoms with Crippen molar-refractivity contribution in [1.29, 1.82) is 0 Å². The summed E-state index contributed by atoms with van der Waals surface area (Å²) in [6.07, 6.45) is 3.30. The van der Waals surface area contributed by atoms with Crippen LogP contribution >= 0.6 is 11.3 Å². The fraction of sp³-hybridized carbons (Fsp3) is 0.750. The summed E-state index contributed by atoms with van der Waals surface area (Å²) < 4.78 is 0. The van der Waals surface area contributed by atoms with E-state index >= 15 is 0 Å². The van der Waals surface area contributed by atoms with Crippen molar-refractivity contribution in [1.82, 2.24) is 20.5 Å². The second kappa shape index (κ2) is 10.6. The van der Waals surface area contributed by atoms with Crippen LogP contribution in [0.3, 0.4) is 0 Å². The molecule has 0 saturated carbocycles. The molecule has 0 aromatic carbocycles. The zero-order valence-electron chi connectivity index (χ0n) is 14.6. The van der Waals surface area contributed by atoms with E-state index in [0.29, 0.717) is 6.04 Å². The fourth-order valence-electron chi connectivity index (χ4n) is 2.00. The minimum atomic E-state index is 0.622. The summed E-state index contributed by atoms with van der Waals surface area (Å²) in [5.74, 6) is 0.879. The van der Waals surface area contributed by atoms with E-state index in [2.05, 4.69) is 51.8 Å². The SMILES string of the molecule is CN=C(NCCCCN(C)C(C)C)NCCc1csc(C)n1. The number of nitrogens with zero attached hydrogens (tertiary/aromatic N) is 3. The Bertz CT molecular complexity index is 441. The Balaban J connectivity index is 2.10. The number of nitrogens with one attached hydrogen (secondary N) is 2. The van der Waals surface area contributed by atoms with E-state index in [1.807, 2.05) is 14.0 Å². The molecule has 0 radical (unpaired) electrons. The minimum absolute atomic E-state index is 0.622. The normalized spacial score (nSPS) is 12.2. The number of hydrogen-bond acceptors (Lipinski definition) is 4. The summed E-state index contributed by atoms with van der Waals surface area (Å²) in [6.45, 7) is 9.47. The Morgan fingerprint density at radius 1 is 1.32 bits per heavy atom. The van der Waals surface area contributed by atoms with Gasteiger partial charge in [0, 0.05) is 38.0 Å². The molecule has 1 aromatic rings. The number of guanidine groups is 1. The highest BCUT2D eigenvalue weighted by Crippen LogP contribution is 2.07. The first kappa shape index (κ1) is 18.9. The second-order valence-electron chi connectivity index (χ2n) is 5.82. The Hall–Kier alpha value is -1.14. The highest BCUT2D eigenvalue weighted by molar-refractivity contribution is 7.09. The van der Waals surface area contributed by atoms with Crippen molar-refractivity contribution in [3.05, 3.63) is 16.1 Å². The van der Waals surface area contributed by atoms with Crippen molar-refractivity contribution in [2.75, 3.05) is 33.7 Å². The first-order valence-corrected chi connectivity index (χ1v) is 8.96. The molecule has 1 heterocycles. The van der Waals surface area contributed by atoms with Crippen molar-refractivity contribution >= 4 is 17.3 Å². The van der Waals surface area contributed by atoms with Crippen molar-refractivity contribution in [2.45, 2.75) is 46.1 Å². The molecule has 22 heavy (non-hydrogen) atoms. The van der Waals surface area contributed by atoms with Gasteiger partial charge in [0.1, 0.15) is 0 Å². The second-order valence-corrected chi connectivity index (χ2v) is 6.88. The Morgan fingerprint density at radius 2 is 2.05 bits per heavy atom. The van der Waals surface area contributed by atoms with E-state index in [9.17, 15) is 0 Å². The van der Waals surface area contributed by atoms with E-state index in [0.717, 1.165) is 49.1 Å². The Kier molecular flexibility index (Phi) is 9.08. The molecule has 126 valence electrons. The third-order valence-electron chi connectivity index (χ3n) is 3.68. The van der Waals surface area contributed by atoms with Gasteiger partial charge in [-0.15, -0.1) is 11.3 Å². The van der Waals surface area contributed by atoms with E-state index in [4.69, 9.17) is 0 Å². The average molecular weight is 326 g/mol. The number of unbranched alkanes of at least 4 members (excludes halogenated alkanes) is 1. The molecule has 1 rings (SSSR count). The molecule has 0 saturated heterocycles. The summed E-state index contributed by atoms with van der Waals surface area (Å²) >= 11 is 1.70. The molecule has 0 aliphatic carbocycles. The van der Waals surface area contributed by atoms with Gasteiger partial charge in [-0.3, -0.25) is 4.99 Å². The van der Waals surface area contributed by atoms with Crippen LogP contribution in [0.25, 0.3) is 0 Å². The van der Waals surface area contributed by atoms with Gasteiger partial charge in [0.05, 0.1) is 10.7 Å². The number of aromatic nitrogens is 1. The standard InChI is InChI=1S/C16H31N5S/c1-13(2)21(5)11-7-6-9-18-16(17-4)19-10-8-15-12-22-14(3)20-15/h12-13H,6-11H2,1-5H3,(H2,17,18,19). The molecular formula is C16H31N5S. The van der Waals surface area contributed by atoms with Crippen molar-refractivity contribution in [2.24, 2.45) is 4.99 Å². The van der Waals surface area contributed by atoms with E-state index in [1.165, 1.54) is 6.42 Å². The molecule has 1 aromatic heterocycles. The predicted molar refractivity (Wildman–Crippen MR) is 96.9 cm³/mol. The van der Waals surface area contributed by atoms with Crippen LogP contribution in [0, 0.1) is 6.92 Å². The highest BCUT2D eigenvalue weighted by atomic mass is 32.1. The van der Waals surface area contributed by atoms with Crippen LogP contribution in [-0.2, 0) is 6.42 Å². The van der Waals surface area contributed by atoms with Gasteiger partial charge in [-0.25, -0.2) is 4.98 Å². The number of hydrogen-bond donors (Lipinski definition) is 2. The lowest BCUT2D eigenvalue weighted by Crippen LogP contribution is -2.39. The van der Waals surface area contributed by atoms with Gasteiger partial charge in [-0.05, 0) is 47.2 Å². The van der Waals surface area contributed by atoms with Gasteiger partial charge in [0.25, 0.3) is 0 Å². The zero-order chi connectivity index (χ0) is 16.4. The maximum atomic E-state index is 4.46. The van der Waals surface area contributed by atoms with Gasteiger partial charge in [-0.1, -0.05) is 0 Å². The van der Waals surface area contributed by atoms with E-state index < -0.39 is 0 Å². The van der Waals surface area contributed by atoms with Crippen LogP contribution < -0.4 is 10.6 Å². The van der Waals surface area contributed by atoms with Crippen LogP contribution in [0.2, 0.25) is 0 Å². The van der Waals surface area contributed by atoms with Gasteiger partial charge in [-0.2, -0.15) is 0 Å². The number of thiazole rings is 1. The van der Waals surface area contributed by atoms with Crippen molar-refractivity contribution in [3.8, 4) is 0 Å². The molecule has 5 nitrogen and oxygen atoms in total. The molecule has 0 aliphatic rings. The smallest absolute Gasteiger partial charge is 0.190 e. The molecule has 0 aliphatic heterocycles. The van der Waals surface area contributed by atoms with Crippen molar-refractivity contribution in [3.63, 3.8) is 0 Å². The van der Waals surface area contributed by atoms with Crippen LogP contribution in [-0.4, -0.2) is 55.6 Å². The molecule has 0 amide bonds. The zero-order valence-corrected chi connectivity index (χ0v) is 15.5. The number of aliphatic imine (C=N–C) groups is 1. The number of aryl methyl sites for hydroxylation is 1. The van der Waals surface area contributed by atoms with Gasteiger partial charge < -0.3 is 15.5 Å². The summed E-state index contributed by atoms with van der Waals surface area (Å²) in [4.78, 5) is 11.1. The molecule has 0 spiro atoms. The molecule has 0 bridgehead atoms. The maximum Gasteiger partial charge on any atom is 0.190 e. The monoisotopic (exact) mass is 325 g/mol. The quantitative estimate of drug-likeness (QED) is 0.415.